The average Bonchev–Trinajstić information content (AvgIpc) is 4.05. The van der Waals surface area contributed by atoms with Crippen LogP contribution < -0.4 is 11.5 Å². The lowest BCUT2D eigenvalue weighted by Gasteiger charge is -2.27. The number of nitrogens with zero attached hydrogens (tertiary/aromatic N) is 5. The van der Waals surface area contributed by atoms with E-state index in [9.17, 15) is 9.59 Å². The molecule has 2 fully saturated rings. The monoisotopic (exact) mass is 731 g/mol. The average molecular weight is 732 g/mol. The van der Waals surface area contributed by atoms with Crippen molar-refractivity contribution in [3.05, 3.63) is 114 Å². The first-order chi connectivity index (χ1) is 26.7. The number of nitrogens with one attached hydrogen (secondary N) is 2. The number of likely N-dealkylation sites (tertiary alicyclic amines) is 2. The van der Waals surface area contributed by atoms with Gasteiger partial charge in [-0.3, -0.25) is 9.59 Å². The molecule has 7 aromatic rings. The molecule has 2 aliphatic rings. The van der Waals surface area contributed by atoms with Crippen molar-refractivity contribution in [1.82, 2.24) is 34.7 Å². The fourth-order valence-electron chi connectivity index (χ4n) is 8.33. The topological polar surface area (TPSA) is 163 Å². The number of amides is 2. The minimum atomic E-state index is -0.703. The number of carbonyl (C=O) groups excluding carboxylic acids is 2. The van der Waals surface area contributed by atoms with Crippen LogP contribution in [0.4, 0.5) is 0 Å². The molecule has 11 nitrogen and oxygen atoms in total. The Bertz CT molecular complexity index is 2560. The Morgan fingerprint density at radius 1 is 0.745 bits per heavy atom. The zero-order valence-electron chi connectivity index (χ0n) is 31.1. The van der Waals surface area contributed by atoms with Gasteiger partial charge in [0.05, 0.1) is 52.3 Å². The van der Waals surface area contributed by atoms with Gasteiger partial charge in [0.2, 0.25) is 11.8 Å². The van der Waals surface area contributed by atoms with Gasteiger partial charge in [-0.2, -0.15) is 0 Å². The Labute approximate surface area is 319 Å². The number of aromatic amines is 2. The minimum absolute atomic E-state index is 0.00666. The number of hydrogen-bond acceptors (Lipinski definition) is 7. The van der Waals surface area contributed by atoms with E-state index < -0.39 is 12.1 Å². The van der Waals surface area contributed by atoms with Crippen molar-refractivity contribution in [2.75, 3.05) is 13.1 Å². The molecule has 2 aliphatic heterocycles. The van der Waals surface area contributed by atoms with Crippen LogP contribution in [0.2, 0.25) is 0 Å². The minimum Gasteiger partial charge on any atom is -0.340 e. The van der Waals surface area contributed by atoms with Gasteiger partial charge in [0.15, 0.2) is 0 Å². The van der Waals surface area contributed by atoms with Crippen LogP contribution in [0.15, 0.2) is 97.2 Å². The first kappa shape index (κ1) is 34.8. The molecule has 0 saturated carbocycles. The highest BCUT2D eigenvalue weighted by Gasteiger charge is 2.36. The number of carbonyl (C=O) groups is 2. The number of fused-ring (bicyclic) bond motifs is 4. The number of imidazole rings is 2. The first-order valence-electron chi connectivity index (χ1n) is 19.3. The van der Waals surface area contributed by atoms with Crippen molar-refractivity contribution in [2.24, 2.45) is 17.4 Å². The molecule has 2 saturated heterocycles. The van der Waals surface area contributed by atoms with Gasteiger partial charge < -0.3 is 31.2 Å². The van der Waals surface area contributed by atoms with Gasteiger partial charge in [-0.1, -0.05) is 74.5 Å². The molecule has 0 aliphatic carbocycles. The van der Waals surface area contributed by atoms with Gasteiger partial charge in [0.1, 0.15) is 17.7 Å². The van der Waals surface area contributed by atoms with E-state index in [-0.39, 0.29) is 29.8 Å². The second-order valence-corrected chi connectivity index (χ2v) is 15.3. The first-order valence-corrected chi connectivity index (χ1v) is 19.3. The van der Waals surface area contributed by atoms with E-state index in [0.29, 0.717) is 13.1 Å². The molecule has 4 atom stereocenters. The molecule has 0 spiro atoms. The van der Waals surface area contributed by atoms with Crippen LogP contribution in [0.5, 0.6) is 0 Å². The summed E-state index contributed by atoms with van der Waals surface area (Å²) < 4.78 is 0. The number of H-pyrrole nitrogens is 2. The van der Waals surface area contributed by atoms with Gasteiger partial charge >= 0.3 is 0 Å². The smallest absolute Gasteiger partial charge is 0.244 e. The van der Waals surface area contributed by atoms with Crippen molar-refractivity contribution in [1.29, 1.82) is 0 Å². The summed E-state index contributed by atoms with van der Waals surface area (Å²) in [6.07, 6.45) is 5.38. The van der Waals surface area contributed by atoms with Gasteiger partial charge in [0.25, 0.3) is 0 Å². The number of pyridine rings is 1. The Morgan fingerprint density at radius 3 is 2.24 bits per heavy atom. The summed E-state index contributed by atoms with van der Waals surface area (Å²) in [5.41, 5.74) is 20.0. The van der Waals surface area contributed by atoms with Crippen LogP contribution in [-0.4, -0.2) is 65.7 Å². The molecule has 0 bridgehead atoms. The molecule has 0 unspecified atom stereocenters. The molecule has 4 aromatic carbocycles. The predicted molar refractivity (Wildman–Crippen MR) is 215 cm³/mol. The zero-order chi connectivity index (χ0) is 37.8. The summed E-state index contributed by atoms with van der Waals surface area (Å²) in [5.74, 6) is 1.58. The molecule has 5 heterocycles. The number of aromatic nitrogens is 5. The lowest BCUT2D eigenvalue weighted by Crippen LogP contribution is -2.46. The fourth-order valence-corrected chi connectivity index (χ4v) is 8.33. The molecule has 278 valence electrons. The summed E-state index contributed by atoms with van der Waals surface area (Å²) in [5, 5.41) is 3.14. The van der Waals surface area contributed by atoms with Crippen molar-refractivity contribution in [3.63, 3.8) is 0 Å². The molecule has 2 amide bonds. The molecular formula is C44H45N9O2. The Kier molecular flexibility index (Phi) is 8.90. The third-order valence-electron chi connectivity index (χ3n) is 11.5. The Hall–Kier alpha value is -5.91. The summed E-state index contributed by atoms with van der Waals surface area (Å²) in [6, 6.07) is 29.0. The van der Waals surface area contributed by atoms with Crippen LogP contribution in [-0.2, 0) is 9.59 Å². The van der Waals surface area contributed by atoms with Crippen molar-refractivity contribution >= 4 is 44.5 Å². The number of hydrogen-bond donors (Lipinski definition) is 4. The van der Waals surface area contributed by atoms with Crippen LogP contribution in [0.1, 0.15) is 74.9 Å². The standard InChI is InChI=1S/C44H45N9O2/c1-25(2)38(45)43(54)53-21-7-11-37(53)42-49-34-19-13-27-22-28(12-16-31(27)40(34)51-42)32-17-14-29-23-30(15-18-33(29)48-32)35-24-47-41(50-35)36-10-6-20-52(36)44(55)39(46)26-8-4-3-5-9-26/h3-5,8-9,12-19,22-25,36-39H,6-7,10-11,20-21,45-46H2,1-2H3,(H,47,50)(H,49,51)/t36-,37-,38-,39+/m0/s1. The molecule has 3 aromatic heterocycles. The lowest BCUT2D eigenvalue weighted by molar-refractivity contribution is -0.135. The second-order valence-electron chi connectivity index (χ2n) is 15.3. The van der Waals surface area contributed by atoms with E-state index in [0.717, 1.165) is 98.1 Å². The molecule has 11 heteroatoms. The zero-order valence-corrected chi connectivity index (χ0v) is 31.1. The van der Waals surface area contributed by atoms with E-state index in [1.807, 2.05) is 66.2 Å². The second kappa shape index (κ2) is 14.1. The van der Waals surface area contributed by atoms with Crippen LogP contribution in [0.25, 0.3) is 55.2 Å². The predicted octanol–water partition coefficient (Wildman–Crippen LogP) is 7.33. The normalized spacial score (nSPS) is 18.6. The lowest BCUT2D eigenvalue weighted by atomic mass is 10.0. The molecule has 9 rings (SSSR count). The third-order valence-corrected chi connectivity index (χ3v) is 11.5. The van der Waals surface area contributed by atoms with Crippen molar-refractivity contribution < 1.29 is 9.59 Å². The van der Waals surface area contributed by atoms with Crippen LogP contribution in [0.3, 0.4) is 0 Å². The maximum Gasteiger partial charge on any atom is 0.244 e. The molecular weight excluding hydrogens is 687 g/mol. The Morgan fingerprint density at radius 2 is 1.45 bits per heavy atom. The maximum absolute atomic E-state index is 13.4. The Balaban J connectivity index is 0.938. The highest BCUT2D eigenvalue weighted by atomic mass is 16.2. The van der Waals surface area contributed by atoms with Gasteiger partial charge in [-0.05, 0) is 72.9 Å². The van der Waals surface area contributed by atoms with E-state index in [4.69, 9.17) is 26.4 Å². The fraction of sp³-hybridized carbons (Fsp3) is 0.295. The SMILES string of the molecule is CC(C)[C@H](N)C(=O)N1CCC[C@H]1c1nc2c(ccc3cc(-c4ccc5cc(-c6cnc([C@@H]7CCCN7C(=O)[C@H](N)c7ccccc7)[nH]6)ccc5n4)ccc32)[nH]1. The van der Waals surface area contributed by atoms with Crippen molar-refractivity contribution in [3.8, 4) is 22.5 Å². The van der Waals surface area contributed by atoms with Crippen LogP contribution in [0, 0.1) is 5.92 Å². The van der Waals surface area contributed by atoms with E-state index in [1.54, 1.807) is 0 Å². The van der Waals surface area contributed by atoms with Gasteiger partial charge in [0, 0.05) is 35.0 Å². The van der Waals surface area contributed by atoms with E-state index in [2.05, 4.69) is 64.6 Å². The number of rotatable bonds is 8. The van der Waals surface area contributed by atoms with E-state index in [1.165, 1.54) is 0 Å². The van der Waals surface area contributed by atoms with E-state index >= 15 is 0 Å². The largest absolute Gasteiger partial charge is 0.340 e. The third kappa shape index (κ3) is 6.32. The summed E-state index contributed by atoms with van der Waals surface area (Å²) in [4.78, 5) is 52.3. The van der Waals surface area contributed by atoms with Gasteiger partial charge in [-0.25, -0.2) is 15.0 Å². The number of benzene rings is 4. The van der Waals surface area contributed by atoms with Crippen LogP contribution >= 0.6 is 0 Å². The van der Waals surface area contributed by atoms with Crippen molar-refractivity contribution in [2.45, 2.75) is 63.7 Å². The molecule has 55 heavy (non-hydrogen) atoms. The maximum atomic E-state index is 13.4. The highest BCUT2D eigenvalue weighted by Crippen LogP contribution is 2.36. The summed E-state index contributed by atoms with van der Waals surface area (Å²) in [7, 11) is 0. The molecule has 0 radical (unpaired) electrons. The summed E-state index contributed by atoms with van der Waals surface area (Å²) >= 11 is 0. The van der Waals surface area contributed by atoms with Gasteiger partial charge in [-0.15, -0.1) is 0 Å². The highest BCUT2D eigenvalue weighted by molar-refractivity contribution is 6.05. The number of nitrogens with two attached hydrogens (primary N) is 2. The molecule has 6 N–H and O–H groups in total. The summed E-state index contributed by atoms with van der Waals surface area (Å²) in [6.45, 7) is 5.32. The quantitative estimate of drug-likeness (QED) is 0.127.